The van der Waals surface area contributed by atoms with Crippen molar-refractivity contribution >= 4 is 0 Å². The van der Waals surface area contributed by atoms with Crippen LogP contribution in [0.3, 0.4) is 0 Å². The van der Waals surface area contributed by atoms with E-state index in [-0.39, 0.29) is 24.8 Å². The quantitative estimate of drug-likeness (QED) is 0.454. The van der Waals surface area contributed by atoms with Crippen LogP contribution in [0.4, 0.5) is 0 Å². The zero-order valence-corrected chi connectivity index (χ0v) is 6.93. The van der Waals surface area contributed by atoms with Gasteiger partial charge in [0.25, 0.3) is 0 Å². The molecule has 2 rings (SSSR count). The fourth-order valence-electron chi connectivity index (χ4n) is 2.44. The SMILES string of the molecule is OCC1[C@@H](O)C[C@H]2C[C@@H](O)CN12. The summed E-state index contributed by atoms with van der Waals surface area (Å²) in [5.74, 6) is 0. The van der Waals surface area contributed by atoms with Gasteiger partial charge in [0.15, 0.2) is 0 Å². The summed E-state index contributed by atoms with van der Waals surface area (Å²) >= 11 is 0. The lowest BCUT2D eigenvalue weighted by atomic mass is 10.1. The van der Waals surface area contributed by atoms with Crippen molar-refractivity contribution in [1.82, 2.24) is 4.90 Å². The van der Waals surface area contributed by atoms with E-state index in [9.17, 15) is 10.2 Å². The number of hydrogen-bond donors (Lipinski definition) is 3. The van der Waals surface area contributed by atoms with Gasteiger partial charge in [-0.25, -0.2) is 0 Å². The van der Waals surface area contributed by atoms with Crippen LogP contribution < -0.4 is 0 Å². The molecule has 0 amide bonds. The monoisotopic (exact) mass is 173 g/mol. The summed E-state index contributed by atoms with van der Waals surface area (Å²) < 4.78 is 0. The summed E-state index contributed by atoms with van der Waals surface area (Å²) in [6, 6.07) is 0.138. The standard InChI is InChI=1S/C8H15NO3/c10-4-7-8(12)2-5-1-6(11)3-9(5)7/h5-8,10-12H,1-4H2/t5-,6-,7?,8+/m1/s1. The normalized spacial score (nSPS) is 48.2. The number of nitrogens with zero attached hydrogens (tertiary/aromatic N) is 1. The van der Waals surface area contributed by atoms with Gasteiger partial charge in [-0.1, -0.05) is 0 Å². The second-order valence-corrected chi connectivity index (χ2v) is 3.79. The maximum absolute atomic E-state index is 9.50. The molecule has 0 radical (unpaired) electrons. The van der Waals surface area contributed by atoms with Crippen molar-refractivity contribution in [3.05, 3.63) is 0 Å². The second-order valence-electron chi connectivity index (χ2n) is 3.79. The summed E-state index contributed by atoms with van der Waals surface area (Å²) in [7, 11) is 0. The van der Waals surface area contributed by atoms with Crippen LogP contribution in [0.15, 0.2) is 0 Å². The van der Waals surface area contributed by atoms with Crippen molar-refractivity contribution in [3.8, 4) is 0 Å². The Morgan fingerprint density at radius 3 is 2.67 bits per heavy atom. The minimum atomic E-state index is -0.410. The molecule has 0 aliphatic carbocycles. The topological polar surface area (TPSA) is 63.9 Å². The Bertz CT molecular complexity index is 176. The third-order valence-corrected chi connectivity index (χ3v) is 3.01. The molecule has 0 spiro atoms. The number of rotatable bonds is 1. The van der Waals surface area contributed by atoms with Gasteiger partial charge in [0.1, 0.15) is 0 Å². The molecule has 0 saturated carbocycles. The Morgan fingerprint density at radius 2 is 2.00 bits per heavy atom. The van der Waals surface area contributed by atoms with E-state index < -0.39 is 6.10 Å². The van der Waals surface area contributed by atoms with Gasteiger partial charge in [-0.3, -0.25) is 4.90 Å². The van der Waals surface area contributed by atoms with Gasteiger partial charge in [0, 0.05) is 12.6 Å². The molecule has 4 heteroatoms. The van der Waals surface area contributed by atoms with Crippen LogP contribution in [0.5, 0.6) is 0 Å². The van der Waals surface area contributed by atoms with Crippen LogP contribution in [0.2, 0.25) is 0 Å². The summed E-state index contributed by atoms with van der Waals surface area (Å²) in [6.07, 6.45) is 0.764. The highest BCUT2D eigenvalue weighted by Crippen LogP contribution is 2.32. The van der Waals surface area contributed by atoms with Crippen molar-refractivity contribution in [2.75, 3.05) is 13.2 Å². The van der Waals surface area contributed by atoms with Crippen LogP contribution in [-0.4, -0.2) is 57.7 Å². The van der Waals surface area contributed by atoms with E-state index in [1.807, 2.05) is 4.90 Å². The first-order valence-corrected chi connectivity index (χ1v) is 4.45. The molecule has 2 heterocycles. The highest BCUT2D eigenvalue weighted by atomic mass is 16.3. The van der Waals surface area contributed by atoms with Crippen molar-refractivity contribution in [2.45, 2.75) is 37.1 Å². The van der Waals surface area contributed by atoms with Crippen LogP contribution in [0, 0.1) is 0 Å². The van der Waals surface area contributed by atoms with E-state index in [1.165, 1.54) is 0 Å². The molecule has 1 unspecified atom stereocenters. The maximum atomic E-state index is 9.50. The predicted molar refractivity (Wildman–Crippen MR) is 42.6 cm³/mol. The Kier molecular flexibility index (Phi) is 2.08. The highest BCUT2D eigenvalue weighted by Gasteiger charge is 2.45. The highest BCUT2D eigenvalue weighted by molar-refractivity contribution is 4.99. The lowest BCUT2D eigenvalue weighted by Gasteiger charge is -2.22. The molecule has 2 aliphatic rings. The molecule has 2 aliphatic heterocycles. The summed E-state index contributed by atoms with van der Waals surface area (Å²) in [5.41, 5.74) is 0. The predicted octanol–water partition coefficient (Wildman–Crippen LogP) is -1.45. The van der Waals surface area contributed by atoms with E-state index >= 15 is 0 Å². The molecule has 0 aromatic carbocycles. The van der Waals surface area contributed by atoms with Crippen molar-refractivity contribution in [1.29, 1.82) is 0 Å². The average Bonchev–Trinajstić information content (AvgIpc) is 2.43. The van der Waals surface area contributed by atoms with Gasteiger partial charge in [0.05, 0.1) is 24.9 Å². The van der Waals surface area contributed by atoms with Gasteiger partial charge in [-0.2, -0.15) is 0 Å². The van der Waals surface area contributed by atoms with Gasteiger partial charge in [-0.15, -0.1) is 0 Å². The lowest BCUT2D eigenvalue weighted by molar-refractivity contribution is 0.0613. The van der Waals surface area contributed by atoms with Crippen LogP contribution in [0.25, 0.3) is 0 Å². The largest absolute Gasteiger partial charge is 0.395 e. The molecule has 4 atom stereocenters. The molecular formula is C8H15NO3. The molecule has 2 saturated heterocycles. The summed E-state index contributed by atoms with van der Waals surface area (Å²) in [6.45, 7) is 0.595. The van der Waals surface area contributed by atoms with Crippen LogP contribution in [0.1, 0.15) is 12.8 Å². The molecule has 3 N–H and O–H groups in total. The average molecular weight is 173 g/mol. The Morgan fingerprint density at radius 1 is 1.25 bits per heavy atom. The number of aliphatic hydroxyl groups is 3. The lowest BCUT2D eigenvalue weighted by Crippen LogP contribution is -2.39. The second kappa shape index (κ2) is 2.96. The molecule has 0 aromatic heterocycles. The molecular weight excluding hydrogens is 158 g/mol. The Labute approximate surface area is 71.4 Å². The van der Waals surface area contributed by atoms with Gasteiger partial charge >= 0.3 is 0 Å². The van der Waals surface area contributed by atoms with Gasteiger partial charge < -0.3 is 15.3 Å². The minimum Gasteiger partial charge on any atom is -0.395 e. The van der Waals surface area contributed by atoms with E-state index in [4.69, 9.17) is 5.11 Å². The maximum Gasteiger partial charge on any atom is 0.0732 e. The first kappa shape index (κ1) is 8.44. The van der Waals surface area contributed by atoms with Crippen molar-refractivity contribution in [2.24, 2.45) is 0 Å². The Balaban J connectivity index is 2.06. The smallest absolute Gasteiger partial charge is 0.0732 e. The zero-order valence-electron chi connectivity index (χ0n) is 6.93. The third-order valence-electron chi connectivity index (χ3n) is 3.01. The molecule has 0 bridgehead atoms. The fourth-order valence-corrected chi connectivity index (χ4v) is 2.44. The first-order valence-electron chi connectivity index (χ1n) is 4.45. The first-order chi connectivity index (χ1) is 5.72. The molecule has 4 nitrogen and oxygen atoms in total. The van der Waals surface area contributed by atoms with E-state index in [0.717, 1.165) is 6.42 Å². The van der Waals surface area contributed by atoms with E-state index in [2.05, 4.69) is 0 Å². The van der Waals surface area contributed by atoms with Crippen LogP contribution >= 0.6 is 0 Å². The number of aliphatic hydroxyl groups excluding tert-OH is 3. The molecule has 70 valence electrons. The third kappa shape index (κ3) is 1.15. The van der Waals surface area contributed by atoms with E-state index in [1.54, 1.807) is 0 Å². The summed E-state index contributed by atoms with van der Waals surface area (Å²) in [5, 5.41) is 27.8. The molecule has 2 fully saturated rings. The molecule has 12 heavy (non-hydrogen) atoms. The number of fused-ring (bicyclic) bond motifs is 1. The van der Waals surface area contributed by atoms with Crippen molar-refractivity contribution in [3.63, 3.8) is 0 Å². The van der Waals surface area contributed by atoms with Gasteiger partial charge in [0.2, 0.25) is 0 Å². The van der Waals surface area contributed by atoms with Gasteiger partial charge in [-0.05, 0) is 12.8 Å². The zero-order chi connectivity index (χ0) is 8.72. The van der Waals surface area contributed by atoms with Crippen molar-refractivity contribution < 1.29 is 15.3 Å². The fraction of sp³-hybridized carbons (Fsp3) is 1.00. The molecule has 0 aromatic rings. The number of hydrogen-bond acceptors (Lipinski definition) is 4. The van der Waals surface area contributed by atoms with Crippen LogP contribution in [-0.2, 0) is 0 Å². The minimum absolute atomic E-state index is 0.00954. The Hall–Kier alpha value is -0.160. The summed E-state index contributed by atoms with van der Waals surface area (Å²) in [4.78, 5) is 2.02. The van der Waals surface area contributed by atoms with E-state index in [0.29, 0.717) is 13.0 Å².